The molecule has 3 nitrogen and oxygen atoms in total. The van der Waals surface area contributed by atoms with Crippen LogP contribution < -0.4 is 5.32 Å². The van der Waals surface area contributed by atoms with Gasteiger partial charge in [-0.05, 0) is 35.9 Å². The molecule has 0 bridgehead atoms. The van der Waals surface area contributed by atoms with Gasteiger partial charge in [-0.2, -0.15) is 0 Å². The summed E-state index contributed by atoms with van der Waals surface area (Å²) in [7, 11) is 0. The molecule has 0 heterocycles. The summed E-state index contributed by atoms with van der Waals surface area (Å²) >= 11 is 5.55. The third-order valence-corrected chi connectivity index (χ3v) is 3.18. The van der Waals surface area contributed by atoms with E-state index in [-0.39, 0.29) is 22.7 Å². The lowest BCUT2D eigenvalue weighted by Crippen LogP contribution is -2.28. The van der Waals surface area contributed by atoms with Gasteiger partial charge in [0.15, 0.2) is 0 Å². The standard InChI is InChI=1S/C15H12ClF2NO2/c16-12-5-4-9(7-13(12)18)14(20)8-19-15(21)10-2-1-3-11(17)6-10/h1-7,14,20H,8H2,(H,19,21). The zero-order valence-corrected chi connectivity index (χ0v) is 11.6. The number of halogens is 3. The maximum Gasteiger partial charge on any atom is 0.251 e. The highest BCUT2D eigenvalue weighted by Crippen LogP contribution is 2.20. The highest BCUT2D eigenvalue weighted by molar-refractivity contribution is 6.30. The molecule has 0 fully saturated rings. The minimum absolute atomic E-state index is 0.0465. The van der Waals surface area contributed by atoms with Crippen LogP contribution >= 0.6 is 11.6 Å². The Kier molecular flexibility index (Phi) is 4.88. The quantitative estimate of drug-likeness (QED) is 0.911. The summed E-state index contributed by atoms with van der Waals surface area (Å²) in [5.41, 5.74) is 0.431. The topological polar surface area (TPSA) is 49.3 Å². The molecule has 1 unspecified atom stereocenters. The van der Waals surface area contributed by atoms with Gasteiger partial charge >= 0.3 is 0 Å². The van der Waals surface area contributed by atoms with Gasteiger partial charge in [-0.15, -0.1) is 0 Å². The minimum Gasteiger partial charge on any atom is -0.387 e. The van der Waals surface area contributed by atoms with Crippen molar-refractivity contribution < 1.29 is 18.7 Å². The Morgan fingerprint density at radius 3 is 2.67 bits per heavy atom. The number of rotatable bonds is 4. The molecule has 2 aromatic carbocycles. The summed E-state index contributed by atoms with van der Waals surface area (Å²) in [5, 5.41) is 12.3. The molecule has 0 aliphatic rings. The van der Waals surface area contributed by atoms with Crippen molar-refractivity contribution in [1.82, 2.24) is 5.32 Å². The Hall–Kier alpha value is -1.98. The first-order valence-electron chi connectivity index (χ1n) is 6.14. The van der Waals surface area contributed by atoms with Crippen LogP contribution in [0, 0.1) is 11.6 Å². The van der Waals surface area contributed by atoms with Crippen LogP contribution in [0.1, 0.15) is 22.0 Å². The number of carbonyl (C=O) groups is 1. The number of amides is 1. The van der Waals surface area contributed by atoms with Crippen molar-refractivity contribution >= 4 is 17.5 Å². The molecule has 0 aliphatic heterocycles. The second-order valence-corrected chi connectivity index (χ2v) is 4.82. The van der Waals surface area contributed by atoms with E-state index in [1.807, 2.05) is 0 Å². The maximum absolute atomic E-state index is 13.3. The van der Waals surface area contributed by atoms with Crippen LogP contribution in [0.2, 0.25) is 5.02 Å². The number of hydrogen-bond acceptors (Lipinski definition) is 2. The predicted octanol–water partition coefficient (Wildman–Crippen LogP) is 3.08. The Labute approximate surface area is 125 Å². The highest BCUT2D eigenvalue weighted by atomic mass is 35.5. The van der Waals surface area contributed by atoms with Crippen molar-refractivity contribution in [3.05, 3.63) is 70.2 Å². The van der Waals surface area contributed by atoms with Gasteiger partial charge in [-0.3, -0.25) is 4.79 Å². The van der Waals surface area contributed by atoms with Crippen LogP contribution in [0.4, 0.5) is 8.78 Å². The molecule has 0 saturated carbocycles. The van der Waals surface area contributed by atoms with Crippen LogP contribution in [0.3, 0.4) is 0 Å². The molecule has 0 radical (unpaired) electrons. The Bertz CT molecular complexity index is 664. The van der Waals surface area contributed by atoms with Crippen molar-refractivity contribution in [2.75, 3.05) is 6.54 Å². The average molecular weight is 312 g/mol. The first-order chi connectivity index (χ1) is 9.97. The smallest absolute Gasteiger partial charge is 0.251 e. The summed E-state index contributed by atoms with van der Waals surface area (Å²) in [6.45, 7) is -0.129. The van der Waals surface area contributed by atoms with Gasteiger partial charge in [0, 0.05) is 12.1 Å². The van der Waals surface area contributed by atoms with Gasteiger partial charge in [0.25, 0.3) is 5.91 Å². The molecule has 6 heteroatoms. The number of aliphatic hydroxyl groups excluding tert-OH is 1. The van der Waals surface area contributed by atoms with E-state index in [0.717, 1.165) is 12.1 Å². The van der Waals surface area contributed by atoms with E-state index < -0.39 is 23.6 Å². The maximum atomic E-state index is 13.3. The lowest BCUT2D eigenvalue weighted by molar-refractivity contribution is 0.0916. The van der Waals surface area contributed by atoms with Crippen molar-refractivity contribution in [1.29, 1.82) is 0 Å². The molecule has 2 aromatic rings. The van der Waals surface area contributed by atoms with E-state index in [1.165, 1.54) is 30.3 Å². The summed E-state index contributed by atoms with van der Waals surface area (Å²) in [6.07, 6.45) is -1.09. The third-order valence-electron chi connectivity index (χ3n) is 2.87. The molecule has 0 saturated heterocycles. The van der Waals surface area contributed by atoms with Gasteiger partial charge in [0.05, 0.1) is 11.1 Å². The zero-order valence-electron chi connectivity index (χ0n) is 10.8. The van der Waals surface area contributed by atoms with E-state index >= 15 is 0 Å². The van der Waals surface area contributed by atoms with E-state index in [4.69, 9.17) is 11.6 Å². The fourth-order valence-electron chi connectivity index (χ4n) is 1.76. The third kappa shape index (κ3) is 4.00. The summed E-state index contributed by atoms with van der Waals surface area (Å²) in [5.74, 6) is -1.70. The van der Waals surface area contributed by atoms with Crippen LogP contribution in [-0.4, -0.2) is 17.6 Å². The van der Waals surface area contributed by atoms with Crippen molar-refractivity contribution in [3.8, 4) is 0 Å². The second-order valence-electron chi connectivity index (χ2n) is 4.41. The van der Waals surface area contributed by atoms with Crippen LogP contribution in [0.15, 0.2) is 42.5 Å². The van der Waals surface area contributed by atoms with E-state index in [9.17, 15) is 18.7 Å². The van der Waals surface area contributed by atoms with E-state index in [2.05, 4.69) is 5.32 Å². The predicted molar refractivity (Wildman–Crippen MR) is 75.1 cm³/mol. The molecular weight excluding hydrogens is 300 g/mol. The minimum atomic E-state index is -1.09. The number of hydrogen-bond donors (Lipinski definition) is 2. The number of benzene rings is 2. The Morgan fingerprint density at radius 2 is 2.00 bits per heavy atom. The lowest BCUT2D eigenvalue weighted by Gasteiger charge is -2.12. The first kappa shape index (κ1) is 15.4. The average Bonchev–Trinajstić information content (AvgIpc) is 2.47. The van der Waals surface area contributed by atoms with Gasteiger partial charge in [0.2, 0.25) is 0 Å². The van der Waals surface area contributed by atoms with Crippen molar-refractivity contribution in [3.63, 3.8) is 0 Å². The Balaban J connectivity index is 1.99. The van der Waals surface area contributed by atoms with Crippen LogP contribution in [-0.2, 0) is 0 Å². The summed E-state index contributed by atoms with van der Waals surface area (Å²) in [4.78, 5) is 11.8. The molecule has 0 aromatic heterocycles. The van der Waals surface area contributed by atoms with Gasteiger partial charge < -0.3 is 10.4 Å². The van der Waals surface area contributed by atoms with Crippen molar-refractivity contribution in [2.24, 2.45) is 0 Å². The van der Waals surface area contributed by atoms with Gasteiger partial charge in [-0.25, -0.2) is 8.78 Å². The van der Waals surface area contributed by atoms with Gasteiger partial charge in [-0.1, -0.05) is 23.7 Å². The van der Waals surface area contributed by atoms with Gasteiger partial charge in [0.1, 0.15) is 11.6 Å². The fraction of sp³-hybridized carbons (Fsp3) is 0.133. The number of nitrogens with one attached hydrogen (secondary N) is 1. The van der Waals surface area contributed by atoms with Crippen LogP contribution in [0.25, 0.3) is 0 Å². The molecule has 2 N–H and O–H groups in total. The Morgan fingerprint density at radius 1 is 1.24 bits per heavy atom. The lowest BCUT2D eigenvalue weighted by atomic mass is 10.1. The molecule has 0 aliphatic carbocycles. The van der Waals surface area contributed by atoms with E-state index in [0.29, 0.717) is 0 Å². The summed E-state index contributed by atoms with van der Waals surface area (Å²) < 4.78 is 26.3. The van der Waals surface area contributed by atoms with Crippen LogP contribution in [0.5, 0.6) is 0 Å². The highest BCUT2D eigenvalue weighted by Gasteiger charge is 2.13. The molecule has 1 atom stereocenters. The largest absolute Gasteiger partial charge is 0.387 e. The molecule has 1 amide bonds. The monoisotopic (exact) mass is 311 g/mol. The molecular formula is C15H12ClF2NO2. The SMILES string of the molecule is O=C(NCC(O)c1ccc(Cl)c(F)c1)c1cccc(F)c1. The fourth-order valence-corrected chi connectivity index (χ4v) is 1.88. The molecule has 21 heavy (non-hydrogen) atoms. The number of carbonyl (C=O) groups excluding carboxylic acids is 1. The normalized spacial score (nSPS) is 12.0. The molecule has 110 valence electrons. The molecule has 2 rings (SSSR count). The second kappa shape index (κ2) is 6.65. The van der Waals surface area contributed by atoms with E-state index in [1.54, 1.807) is 0 Å². The first-order valence-corrected chi connectivity index (χ1v) is 6.52. The summed E-state index contributed by atoms with van der Waals surface area (Å²) in [6, 6.07) is 9.06. The number of aliphatic hydroxyl groups is 1. The zero-order chi connectivity index (χ0) is 15.4. The molecule has 0 spiro atoms. The van der Waals surface area contributed by atoms with Crippen molar-refractivity contribution in [2.45, 2.75) is 6.10 Å².